The van der Waals surface area contributed by atoms with Gasteiger partial charge in [0.2, 0.25) is 0 Å². The molecule has 0 saturated heterocycles. The van der Waals surface area contributed by atoms with Crippen LogP contribution in [0.5, 0.6) is 0 Å². The molecule has 4 heteroatoms. The van der Waals surface area contributed by atoms with E-state index in [9.17, 15) is 4.39 Å². The third-order valence-corrected chi connectivity index (χ3v) is 2.80. The van der Waals surface area contributed by atoms with E-state index in [1.807, 2.05) is 12.1 Å². The first-order valence-electron chi connectivity index (χ1n) is 5.52. The van der Waals surface area contributed by atoms with Gasteiger partial charge in [-0.2, -0.15) is 0 Å². The van der Waals surface area contributed by atoms with Gasteiger partial charge in [0.1, 0.15) is 0 Å². The van der Waals surface area contributed by atoms with Crippen molar-refractivity contribution in [1.29, 1.82) is 0 Å². The maximum atomic E-state index is 13.6. The Hall–Kier alpha value is -1.58. The molecule has 0 aliphatic carbocycles. The summed E-state index contributed by atoms with van der Waals surface area (Å²) in [5.74, 6) is -0.409. The van der Waals surface area contributed by atoms with Crippen molar-refractivity contribution >= 4 is 17.3 Å². The Kier molecular flexibility index (Phi) is 4.18. The molecule has 2 rings (SSSR count). The van der Waals surface area contributed by atoms with Gasteiger partial charge in [-0.15, -0.1) is 0 Å². The zero-order chi connectivity index (χ0) is 13.0. The Bertz CT molecular complexity index is 528. The third-order valence-electron chi connectivity index (χ3n) is 2.55. The fourth-order valence-corrected chi connectivity index (χ4v) is 1.70. The maximum Gasteiger partial charge on any atom is 0.151 e. The highest BCUT2D eigenvalue weighted by atomic mass is 35.5. The van der Waals surface area contributed by atoms with Gasteiger partial charge in [0.05, 0.1) is 18.9 Å². The average Bonchev–Trinajstić information content (AvgIpc) is 2.37. The van der Waals surface area contributed by atoms with E-state index < -0.39 is 5.82 Å². The second-order valence-electron chi connectivity index (χ2n) is 3.94. The zero-order valence-corrected chi connectivity index (χ0v) is 10.5. The van der Waals surface area contributed by atoms with Gasteiger partial charge in [0.15, 0.2) is 5.82 Å². The molecule has 2 aromatic rings. The lowest BCUT2D eigenvalue weighted by Gasteiger charge is -2.07. The van der Waals surface area contributed by atoms with Gasteiger partial charge >= 0.3 is 0 Å². The monoisotopic (exact) mass is 265 g/mol. The third kappa shape index (κ3) is 3.22. The molecule has 0 fully saturated rings. The highest BCUT2D eigenvalue weighted by Crippen LogP contribution is 2.16. The van der Waals surface area contributed by atoms with Crippen LogP contribution >= 0.6 is 11.6 Å². The summed E-state index contributed by atoms with van der Waals surface area (Å²) in [5.41, 5.74) is 7.07. The minimum atomic E-state index is -0.409. The maximum absolute atomic E-state index is 13.6. The summed E-state index contributed by atoms with van der Waals surface area (Å²) in [6.45, 7) is 0.602. The minimum Gasteiger partial charge on any atom is -0.396 e. The predicted molar refractivity (Wildman–Crippen MR) is 70.8 cm³/mol. The van der Waals surface area contributed by atoms with Crippen LogP contribution < -0.4 is 5.73 Å². The first-order valence-corrected chi connectivity index (χ1v) is 5.89. The van der Waals surface area contributed by atoms with E-state index in [1.54, 1.807) is 24.3 Å². The number of hydrogen-bond acceptors (Lipinski definition) is 2. The van der Waals surface area contributed by atoms with Gasteiger partial charge in [-0.3, -0.25) is 0 Å². The van der Waals surface area contributed by atoms with Crippen LogP contribution in [-0.2, 0) is 18.0 Å². The predicted octanol–water partition coefficient (Wildman–Crippen LogP) is 3.78. The van der Waals surface area contributed by atoms with E-state index in [0.29, 0.717) is 17.2 Å². The molecule has 0 bridgehead atoms. The largest absolute Gasteiger partial charge is 0.396 e. The summed E-state index contributed by atoms with van der Waals surface area (Å²) >= 11 is 5.78. The number of halogens is 2. The van der Waals surface area contributed by atoms with Crippen molar-refractivity contribution in [3.05, 3.63) is 64.4 Å². The molecular weight excluding hydrogens is 253 g/mol. The Morgan fingerprint density at radius 3 is 2.50 bits per heavy atom. The van der Waals surface area contributed by atoms with Crippen molar-refractivity contribution in [2.45, 2.75) is 13.2 Å². The molecule has 0 unspecified atom stereocenters. The average molecular weight is 266 g/mol. The molecule has 2 aromatic carbocycles. The number of nitrogen functional groups attached to an aromatic ring is 1. The highest BCUT2D eigenvalue weighted by Gasteiger charge is 2.05. The van der Waals surface area contributed by atoms with Crippen LogP contribution in [-0.4, -0.2) is 0 Å². The molecule has 0 spiro atoms. The van der Waals surface area contributed by atoms with Gasteiger partial charge in [-0.1, -0.05) is 35.9 Å². The number of rotatable bonds is 4. The summed E-state index contributed by atoms with van der Waals surface area (Å²) in [6.07, 6.45) is 0. The lowest BCUT2D eigenvalue weighted by molar-refractivity contribution is 0.105. The molecule has 0 aromatic heterocycles. The van der Waals surface area contributed by atoms with E-state index in [1.165, 1.54) is 6.07 Å². The van der Waals surface area contributed by atoms with Crippen LogP contribution in [0.4, 0.5) is 10.1 Å². The summed E-state index contributed by atoms with van der Waals surface area (Å²) in [6, 6.07) is 12.2. The lowest BCUT2D eigenvalue weighted by Crippen LogP contribution is -1.99. The van der Waals surface area contributed by atoms with Crippen LogP contribution in [0.15, 0.2) is 42.5 Å². The Labute approximate surface area is 110 Å². The number of anilines is 1. The highest BCUT2D eigenvalue weighted by molar-refractivity contribution is 6.30. The number of hydrogen-bond donors (Lipinski definition) is 1. The number of benzene rings is 2. The summed E-state index contributed by atoms with van der Waals surface area (Å²) in [7, 11) is 0. The lowest BCUT2D eigenvalue weighted by atomic mass is 10.2. The van der Waals surface area contributed by atoms with Gasteiger partial charge in [-0.05, 0) is 23.8 Å². The van der Waals surface area contributed by atoms with Crippen molar-refractivity contribution in [2.75, 3.05) is 5.73 Å². The normalized spacial score (nSPS) is 10.6. The van der Waals surface area contributed by atoms with E-state index in [2.05, 4.69) is 0 Å². The van der Waals surface area contributed by atoms with Crippen LogP contribution in [0, 0.1) is 5.82 Å². The summed E-state index contributed by atoms with van der Waals surface area (Å²) < 4.78 is 19.0. The van der Waals surface area contributed by atoms with Crippen molar-refractivity contribution in [3.63, 3.8) is 0 Å². The van der Waals surface area contributed by atoms with E-state index in [0.717, 1.165) is 5.56 Å². The van der Waals surface area contributed by atoms with Crippen LogP contribution in [0.3, 0.4) is 0 Å². The zero-order valence-electron chi connectivity index (χ0n) is 9.70. The molecule has 2 N–H and O–H groups in total. The van der Waals surface area contributed by atoms with Crippen LogP contribution in [0.25, 0.3) is 0 Å². The first kappa shape index (κ1) is 12.9. The number of nitrogens with two attached hydrogens (primary N) is 1. The Morgan fingerprint density at radius 1 is 1.06 bits per heavy atom. The van der Waals surface area contributed by atoms with Crippen LogP contribution in [0.1, 0.15) is 11.1 Å². The smallest absolute Gasteiger partial charge is 0.151 e. The first-order chi connectivity index (χ1) is 8.66. The molecule has 18 heavy (non-hydrogen) atoms. The van der Waals surface area contributed by atoms with Gasteiger partial charge in [-0.25, -0.2) is 4.39 Å². The molecular formula is C14H13ClFNO. The van der Waals surface area contributed by atoms with E-state index in [-0.39, 0.29) is 12.3 Å². The van der Waals surface area contributed by atoms with Gasteiger partial charge in [0, 0.05) is 10.6 Å². The molecule has 94 valence electrons. The quantitative estimate of drug-likeness (QED) is 0.854. The van der Waals surface area contributed by atoms with Crippen molar-refractivity contribution in [3.8, 4) is 0 Å². The molecule has 0 amide bonds. The van der Waals surface area contributed by atoms with Crippen molar-refractivity contribution in [1.82, 2.24) is 0 Å². The van der Waals surface area contributed by atoms with Gasteiger partial charge < -0.3 is 10.5 Å². The van der Waals surface area contributed by atoms with E-state index >= 15 is 0 Å². The summed E-state index contributed by atoms with van der Waals surface area (Å²) in [4.78, 5) is 0. The van der Waals surface area contributed by atoms with Crippen molar-refractivity contribution in [2.24, 2.45) is 0 Å². The Balaban J connectivity index is 1.92. The summed E-state index contributed by atoms with van der Waals surface area (Å²) in [5, 5.41) is 0.681. The number of ether oxygens (including phenoxy) is 1. The minimum absolute atomic E-state index is 0.141. The van der Waals surface area contributed by atoms with Gasteiger partial charge in [0.25, 0.3) is 0 Å². The molecule has 0 heterocycles. The molecule has 2 nitrogen and oxygen atoms in total. The standard InChI is InChI=1S/C14H13ClFNO/c15-12-6-4-10(5-7-12)8-18-9-11-2-1-3-13(17)14(11)16/h1-7H,8-9,17H2. The molecule has 0 radical (unpaired) electrons. The fourth-order valence-electron chi connectivity index (χ4n) is 1.57. The molecule has 0 saturated carbocycles. The Morgan fingerprint density at radius 2 is 1.78 bits per heavy atom. The van der Waals surface area contributed by atoms with Crippen LogP contribution in [0.2, 0.25) is 5.02 Å². The molecule has 0 aliphatic heterocycles. The van der Waals surface area contributed by atoms with E-state index in [4.69, 9.17) is 22.1 Å². The van der Waals surface area contributed by atoms with Crippen molar-refractivity contribution < 1.29 is 9.13 Å². The molecule has 0 aliphatic rings. The second kappa shape index (κ2) is 5.85. The fraction of sp³-hybridized carbons (Fsp3) is 0.143. The molecule has 0 atom stereocenters. The second-order valence-corrected chi connectivity index (χ2v) is 4.38. The topological polar surface area (TPSA) is 35.2 Å². The SMILES string of the molecule is Nc1cccc(COCc2ccc(Cl)cc2)c1F.